The highest BCUT2D eigenvalue weighted by atomic mass is 19.1. The molecular weight excluding hydrogens is 311 g/mol. The number of aliphatic hydroxyl groups excluding tert-OH is 1. The van der Waals surface area contributed by atoms with Crippen LogP contribution in [0.1, 0.15) is 17.9 Å². The van der Waals surface area contributed by atoms with E-state index in [0.717, 1.165) is 0 Å². The Morgan fingerprint density at radius 3 is 2.61 bits per heavy atom. The van der Waals surface area contributed by atoms with Crippen LogP contribution < -0.4 is 0 Å². The Morgan fingerprint density at radius 1 is 1.22 bits per heavy atom. The van der Waals surface area contributed by atoms with Crippen molar-refractivity contribution in [3.63, 3.8) is 0 Å². The van der Waals surface area contributed by atoms with Gasteiger partial charge in [0.05, 0.1) is 18.9 Å². The lowest BCUT2D eigenvalue weighted by molar-refractivity contribution is -0.264. The molecule has 23 heavy (non-hydrogen) atoms. The third-order valence-electron chi connectivity index (χ3n) is 4.69. The summed E-state index contributed by atoms with van der Waals surface area (Å²) in [6.45, 7) is -0.260. The highest BCUT2D eigenvalue weighted by molar-refractivity contribution is 5.92. The van der Waals surface area contributed by atoms with E-state index in [1.165, 1.54) is 24.3 Å². The number of benzene rings is 1. The summed E-state index contributed by atoms with van der Waals surface area (Å²) in [6.07, 6.45) is -2.77. The van der Waals surface area contributed by atoms with E-state index in [-0.39, 0.29) is 13.0 Å². The van der Waals surface area contributed by atoms with Gasteiger partial charge in [0.15, 0.2) is 6.10 Å². The molecule has 0 saturated carbocycles. The van der Waals surface area contributed by atoms with Crippen LogP contribution in [0.15, 0.2) is 24.3 Å². The van der Waals surface area contributed by atoms with Gasteiger partial charge < -0.3 is 24.4 Å². The maximum Gasteiger partial charge on any atom is 0.357 e. The minimum atomic E-state index is -2.28. The molecule has 122 valence electrons. The Balaban J connectivity index is 1.85. The molecular formula is C15H13FO7. The van der Waals surface area contributed by atoms with Gasteiger partial charge in [0, 0.05) is 0 Å². The lowest BCUT2D eigenvalue weighted by Gasteiger charge is -2.35. The number of esters is 2. The second-order valence-electron chi connectivity index (χ2n) is 5.92. The SMILES string of the molecule is O=C1C[C@H](c2ccc(F)cc2)[C@@]2(O1)C(=O)O[C@@H]1[C@@H](O)CO[C@@]12O. The van der Waals surface area contributed by atoms with Gasteiger partial charge in [0.25, 0.3) is 11.4 Å². The van der Waals surface area contributed by atoms with Crippen LogP contribution in [-0.2, 0) is 23.8 Å². The van der Waals surface area contributed by atoms with E-state index < -0.39 is 47.3 Å². The van der Waals surface area contributed by atoms with Gasteiger partial charge in [-0.1, -0.05) is 12.1 Å². The maximum atomic E-state index is 13.1. The molecule has 3 aliphatic heterocycles. The Hall–Kier alpha value is -2.03. The molecule has 3 aliphatic rings. The number of rotatable bonds is 1. The van der Waals surface area contributed by atoms with E-state index in [2.05, 4.69) is 0 Å². The smallest absolute Gasteiger partial charge is 0.357 e. The van der Waals surface area contributed by atoms with Gasteiger partial charge in [-0.2, -0.15) is 0 Å². The molecule has 8 heteroatoms. The molecule has 0 aromatic heterocycles. The molecule has 7 nitrogen and oxygen atoms in total. The van der Waals surface area contributed by atoms with Gasteiger partial charge in [-0.3, -0.25) is 4.79 Å². The average molecular weight is 324 g/mol. The van der Waals surface area contributed by atoms with Gasteiger partial charge in [-0.15, -0.1) is 0 Å². The summed E-state index contributed by atoms with van der Waals surface area (Å²) in [5.74, 6) is -5.37. The van der Waals surface area contributed by atoms with Crippen molar-refractivity contribution in [1.29, 1.82) is 0 Å². The molecule has 4 rings (SSSR count). The predicted molar refractivity (Wildman–Crippen MR) is 69.4 cm³/mol. The van der Waals surface area contributed by atoms with E-state index in [1.54, 1.807) is 0 Å². The second-order valence-corrected chi connectivity index (χ2v) is 5.92. The monoisotopic (exact) mass is 324 g/mol. The summed E-state index contributed by atoms with van der Waals surface area (Å²) in [5, 5.41) is 20.7. The molecule has 0 amide bonds. The third-order valence-corrected chi connectivity index (χ3v) is 4.69. The number of fused-ring (bicyclic) bond motifs is 2. The first-order chi connectivity index (χ1) is 10.9. The maximum absolute atomic E-state index is 13.1. The topological polar surface area (TPSA) is 102 Å². The fraction of sp³-hybridized carbons (Fsp3) is 0.467. The Kier molecular flexibility index (Phi) is 2.85. The van der Waals surface area contributed by atoms with E-state index in [9.17, 15) is 24.2 Å². The van der Waals surface area contributed by atoms with Gasteiger partial charge in [0.1, 0.15) is 11.9 Å². The van der Waals surface area contributed by atoms with Crippen LogP contribution in [-0.4, -0.2) is 52.4 Å². The van der Waals surface area contributed by atoms with Crippen LogP contribution in [0.25, 0.3) is 0 Å². The van der Waals surface area contributed by atoms with Gasteiger partial charge in [0.2, 0.25) is 0 Å². The largest absolute Gasteiger partial charge is 0.450 e. The molecule has 1 aromatic rings. The van der Waals surface area contributed by atoms with Gasteiger partial charge in [-0.05, 0) is 17.7 Å². The van der Waals surface area contributed by atoms with Crippen molar-refractivity contribution in [2.24, 2.45) is 0 Å². The van der Waals surface area contributed by atoms with Crippen molar-refractivity contribution >= 4 is 11.9 Å². The zero-order valence-corrected chi connectivity index (χ0v) is 11.8. The first-order valence-corrected chi connectivity index (χ1v) is 7.11. The van der Waals surface area contributed by atoms with Crippen molar-refractivity contribution in [3.8, 4) is 0 Å². The summed E-state index contributed by atoms with van der Waals surface area (Å²) in [4.78, 5) is 24.3. The summed E-state index contributed by atoms with van der Waals surface area (Å²) in [7, 11) is 0. The molecule has 0 unspecified atom stereocenters. The summed E-state index contributed by atoms with van der Waals surface area (Å²) in [5.41, 5.74) is -1.68. The number of carbonyl (C=O) groups excluding carboxylic acids is 2. The standard InChI is InChI=1S/C15H13FO7/c16-8-3-1-7(2-4-8)9-5-11(18)23-14(9)13(19)22-12-10(17)6-21-15(12,14)20/h1-4,9-10,12,17,20H,5-6H2/t9-,10+,12-,14-,15+/m1/s1. The van der Waals surface area contributed by atoms with Crippen molar-refractivity contribution in [3.05, 3.63) is 35.6 Å². The zero-order chi connectivity index (χ0) is 16.4. The van der Waals surface area contributed by atoms with Crippen LogP contribution in [0.3, 0.4) is 0 Å². The number of aliphatic hydroxyl groups is 2. The highest BCUT2D eigenvalue weighted by Gasteiger charge is 2.80. The lowest BCUT2D eigenvalue weighted by Crippen LogP contribution is -2.60. The fourth-order valence-electron chi connectivity index (χ4n) is 3.63. The zero-order valence-electron chi connectivity index (χ0n) is 11.8. The Labute approximate surface area is 129 Å². The minimum Gasteiger partial charge on any atom is -0.450 e. The summed E-state index contributed by atoms with van der Waals surface area (Å²) >= 11 is 0. The number of carbonyl (C=O) groups is 2. The Morgan fingerprint density at radius 2 is 1.91 bits per heavy atom. The molecule has 5 atom stereocenters. The van der Waals surface area contributed by atoms with Gasteiger partial charge in [-0.25, -0.2) is 9.18 Å². The minimum absolute atomic E-state index is 0.199. The number of ether oxygens (including phenoxy) is 3. The van der Waals surface area contributed by atoms with Crippen LogP contribution in [0.5, 0.6) is 0 Å². The van der Waals surface area contributed by atoms with Crippen molar-refractivity contribution in [2.75, 3.05) is 6.61 Å². The number of halogens is 1. The van der Waals surface area contributed by atoms with Crippen molar-refractivity contribution in [1.82, 2.24) is 0 Å². The first-order valence-electron chi connectivity index (χ1n) is 7.11. The molecule has 1 aromatic carbocycles. The summed E-state index contributed by atoms with van der Waals surface area (Å²) < 4.78 is 28.6. The molecule has 1 spiro atoms. The molecule has 0 aliphatic carbocycles. The van der Waals surface area contributed by atoms with E-state index in [0.29, 0.717) is 5.56 Å². The normalized spacial score (nSPS) is 42.0. The molecule has 2 N–H and O–H groups in total. The second kappa shape index (κ2) is 4.50. The fourth-order valence-corrected chi connectivity index (χ4v) is 3.63. The van der Waals surface area contributed by atoms with Crippen molar-refractivity contribution in [2.45, 2.75) is 35.9 Å². The van der Waals surface area contributed by atoms with Crippen LogP contribution >= 0.6 is 0 Å². The van der Waals surface area contributed by atoms with Crippen molar-refractivity contribution < 1.29 is 38.4 Å². The average Bonchev–Trinajstić information content (AvgIpc) is 3.08. The van der Waals surface area contributed by atoms with E-state index in [1.807, 2.05) is 0 Å². The molecule has 0 bridgehead atoms. The van der Waals surface area contributed by atoms with Crippen LogP contribution in [0, 0.1) is 5.82 Å². The molecule has 3 heterocycles. The number of hydrogen-bond acceptors (Lipinski definition) is 7. The molecule has 3 saturated heterocycles. The predicted octanol–water partition coefficient (Wildman–Crippen LogP) is -0.400. The number of hydrogen-bond donors (Lipinski definition) is 2. The highest BCUT2D eigenvalue weighted by Crippen LogP contribution is 2.56. The van der Waals surface area contributed by atoms with Crippen LogP contribution in [0.4, 0.5) is 4.39 Å². The van der Waals surface area contributed by atoms with Gasteiger partial charge >= 0.3 is 11.9 Å². The van der Waals surface area contributed by atoms with E-state index in [4.69, 9.17) is 14.2 Å². The quantitative estimate of drug-likeness (QED) is 0.678. The third kappa shape index (κ3) is 1.68. The first kappa shape index (κ1) is 14.6. The lowest BCUT2D eigenvalue weighted by atomic mass is 9.76. The van der Waals surface area contributed by atoms with E-state index >= 15 is 0 Å². The molecule has 3 fully saturated rings. The molecule has 0 radical (unpaired) electrons. The van der Waals surface area contributed by atoms with Crippen LogP contribution in [0.2, 0.25) is 0 Å². The Bertz CT molecular complexity index is 690. The summed E-state index contributed by atoms with van der Waals surface area (Å²) in [6, 6.07) is 5.16.